The molecular weight excluding hydrogens is 242 g/mol. The molecule has 0 aromatic carbocycles. The van der Waals surface area contributed by atoms with Gasteiger partial charge in [0.2, 0.25) is 5.91 Å². The Labute approximate surface area is 117 Å². The zero-order chi connectivity index (χ0) is 14.5. The van der Waals surface area contributed by atoms with Crippen molar-refractivity contribution in [2.24, 2.45) is 0 Å². The minimum atomic E-state index is -0.929. The molecule has 1 amide bonds. The molecule has 0 aliphatic rings. The molecule has 0 radical (unpaired) electrons. The van der Waals surface area contributed by atoms with Crippen LogP contribution in [-0.2, 0) is 9.59 Å². The predicted octanol–water partition coefficient (Wildman–Crippen LogP) is 3.45. The van der Waals surface area contributed by atoms with Crippen LogP contribution in [0.3, 0.4) is 0 Å². The molecule has 0 aliphatic carbocycles. The van der Waals surface area contributed by atoms with E-state index in [4.69, 9.17) is 5.11 Å². The van der Waals surface area contributed by atoms with E-state index in [0.29, 0.717) is 13.0 Å². The summed E-state index contributed by atoms with van der Waals surface area (Å²) < 4.78 is 0. The lowest BCUT2D eigenvalue weighted by Crippen LogP contribution is -2.36. The number of hydrogen-bond acceptors (Lipinski definition) is 2. The Morgan fingerprint density at radius 3 is 2.00 bits per heavy atom. The second kappa shape index (κ2) is 12.0. The third-order valence-electron chi connectivity index (χ3n) is 3.17. The van der Waals surface area contributed by atoms with E-state index < -0.39 is 5.97 Å². The van der Waals surface area contributed by atoms with Gasteiger partial charge in [-0.05, 0) is 12.8 Å². The highest BCUT2D eigenvalue weighted by atomic mass is 16.4. The Hall–Kier alpha value is -1.06. The molecule has 0 bridgehead atoms. The quantitative estimate of drug-likeness (QED) is 0.553. The minimum Gasteiger partial charge on any atom is -0.480 e. The average molecular weight is 271 g/mol. The number of amides is 1. The van der Waals surface area contributed by atoms with Crippen LogP contribution in [0.2, 0.25) is 0 Å². The molecule has 0 rings (SSSR count). The standard InChI is InChI=1S/C15H29NO3/c1-3-5-6-7-8-9-10-11-14(17)16(12-4-2)13-15(18)19/h3-13H2,1-2H3,(H,18,19). The van der Waals surface area contributed by atoms with Crippen molar-refractivity contribution in [3.63, 3.8) is 0 Å². The zero-order valence-corrected chi connectivity index (χ0v) is 12.5. The first-order valence-electron chi connectivity index (χ1n) is 7.61. The summed E-state index contributed by atoms with van der Waals surface area (Å²) in [6.45, 7) is 4.53. The molecule has 0 unspecified atom stereocenters. The van der Waals surface area contributed by atoms with Crippen LogP contribution >= 0.6 is 0 Å². The third kappa shape index (κ3) is 10.5. The van der Waals surface area contributed by atoms with Gasteiger partial charge >= 0.3 is 5.97 Å². The highest BCUT2D eigenvalue weighted by Gasteiger charge is 2.14. The zero-order valence-electron chi connectivity index (χ0n) is 12.5. The lowest BCUT2D eigenvalue weighted by molar-refractivity contribution is -0.144. The highest BCUT2D eigenvalue weighted by molar-refractivity contribution is 5.81. The maximum Gasteiger partial charge on any atom is 0.323 e. The Morgan fingerprint density at radius 1 is 0.895 bits per heavy atom. The van der Waals surface area contributed by atoms with E-state index in [1.807, 2.05) is 6.92 Å². The lowest BCUT2D eigenvalue weighted by Gasteiger charge is -2.19. The average Bonchev–Trinajstić information content (AvgIpc) is 2.36. The SMILES string of the molecule is CCCCCCCCCC(=O)N(CCC)CC(=O)O. The Balaban J connectivity index is 3.71. The van der Waals surface area contributed by atoms with Gasteiger partial charge in [0.15, 0.2) is 0 Å². The van der Waals surface area contributed by atoms with Crippen LogP contribution in [0.4, 0.5) is 0 Å². The second-order valence-corrected chi connectivity index (χ2v) is 5.08. The molecule has 0 spiro atoms. The van der Waals surface area contributed by atoms with Crippen LogP contribution in [0, 0.1) is 0 Å². The molecule has 0 aromatic heterocycles. The summed E-state index contributed by atoms with van der Waals surface area (Å²) in [6.07, 6.45) is 9.49. The number of nitrogens with zero attached hydrogens (tertiary/aromatic N) is 1. The van der Waals surface area contributed by atoms with Gasteiger partial charge in [-0.15, -0.1) is 0 Å². The molecule has 0 atom stereocenters. The molecule has 0 heterocycles. The fourth-order valence-corrected chi connectivity index (χ4v) is 2.12. The summed E-state index contributed by atoms with van der Waals surface area (Å²) in [5, 5.41) is 8.76. The third-order valence-corrected chi connectivity index (χ3v) is 3.17. The monoisotopic (exact) mass is 271 g/mol. The van der Waals surface area contributed by atoms with Crippen molar-refractivity contribution in [3.8, 4) is 0 Å². The molecule has 19 heavy (non-hydrogen) atoms. The van der Waals surface area contributed by atoms with Crippen molar-refractivity contribution in [1.29, 1.82) is 0 Å². The molecule has 4 nitrogen and oxygen atoms in total. The van der Waals surface area contributed by atoms with Gasteiger partial charge in [-0.1, -0.05) is 52.4 Å². The first kappa shape index (κ1) is 17.9. The molecule has 0 aromatic rings. The minimum absolute atomic E-state index is 0.0159. The van der Waals surface area contributed by atoms with Gasteiger partial charge in [-0.25, -0.2) is 0 Å². The number of carboxylic acid groups (broad SMARTS) is 1. The highest BCUT2D eigenvalue weighted by Crippen LogP contribution is 2.09. The number of carbonyl (C=O) groups is 2. The molecule has 0 saturated carbocycles. The second-order valence-electron chi connectivity index (χ2n) is 5.08. The molecular formula is C15H29NO3. The number of aliphatic carboxylic acids is 1. The number of unbranched alkanes of at least 4 members (excludes halogenated alkanes) is 6. The van der Waals surface area contributed by atoms with E-state index in [0.717, 1.165) is 19.3 Å². The number of rotatable bonds is 12. The topological polar surface area (TPSA) is 57.6 Å². The van der Waals surface area contributed by atoms with Gasteiger partial charge in [0.05, 0.1) is 0 Å². The Bertz CT molecular complexity index is 254. The van der Waals surface area contributed by atoms with Crippen molar-refractivity contribution in [3.05, 3.63) is 0 Å². The summed E-state index contributed by atoms with van der Waals surface area (Å²) in [6, 6.07) is 0. The summed E-state index contributed by atoms with van der Waals surface area (Å²) in [5.74, 6) is -0.945. The fourth-order valence-electron chi connectivity index (χ4n) is 2.12. The van der Waals surface area contributed by atoms with Crippen molar-refractivity contribution >= 4 is 11.9 Å². The van der Waals surface area contributed by atoms with E-state index >= 15 is 0 Å². The predicted molar refractivity (Wildman–Crippen MR) is 77.1 cm³/mol. The van der Waals surface area contributed by atoms with Gasteiger partial charge in [0.25, 0.3) is 0 Å². The first-order valence-corrected chi connectivity index (χ1v) is 7.61. The van der Waals surface area contributed by atoms with Gasteiger partial charge in [0, 0.05) is 13.0 Å². The summed E-state index contributed by atoms with van der Waals surface area (Å²) >= 11 is 0. The van der Waals surface area contributed by atoms with Gasteiger partial charge in [-0.3, -0.25) is 9.59 Å². The molecule has 1 N–H and O–H groups in total. The van der Waals surface area contributed by atoms with Crippen LogP contribution in [-0.4, -0.2) is 35.0 Å². The molecule has 0 saturated heterocycles. The summed E-state index contributed by atoms with van der Waals surface area (Å²) in [7, 11) is 0. The molecule has 0 fully saturated rings. The number of carboxylic acids is 1. The molecule has 112 valence electrons. The largest absolute Gasteiger partial charge is 0.480 e. The normalized spacial score (nSPS) is 10.4. The van der Waals surface area contributed by atoms with Crippen molar-refractivity contribution in [2.45, 2.75) is 71.6 Å². The lowest BCUT2D eigenvalue weighted by atomic mass is 10.1. The first-order chi connectivity index (χ1) is 9.11. The van der Waals surface area contributed by atoms with Crippen LogP contribution in [0.1, 0.15) is 71.6 Å². The van der Waals surface area contributed by atoms with E-state index in [1.54, 1.807) is 0 Å². The summed E-state index contributed by atoms with van der Waals surface area (Å²) in [5.41, 5.74) is 0. The van der Waals surface area contributed by atoms with E-state index in [-0.39, 0.29) is 12.5 Å². The van der Waals surface area contributed by atoms with Gasteiger partial charge < -0.3 is 10.0 Å². The maximum atomic E-state index is 11.9. The van der Waals surface area contributed by atoms with E-state index in [1.165, 1.54) is 37.0 Å². The number of hydrogen-bond donors (Lipinski definition) is 1. The van der Waals surface area contributed by atoms with Crippen molar-refractivity contribution < 1.29 is 14.7 Å². The maximum absolute atomic E-state index is 11.9. The number of carbonyl (C=O) groups excluding carboxylic acids is 1. The van der Waals surface area contributed by atoms with E-state index in [9.17, 15) is 9.59 Å². The van der Waals surface area contributed by atoms with Crippen molar-refractivity contribution in [1.82, 2.24) is 4.90 Å². The van der Waals surface area contributed by atoms with Crippen LogP contribution in [0.5, 0.6) is 0 Å². The molecule has 0 aliphatic heterocycles. The van der Waals surface area contributed by atoms with Crippen LogP contribution in [0.15, 0.2) is 0 Å². The Morgan fingerprint density at radius 2 is 1.47 bits per heavy atom. The van der Waals surface area contributed by atoms with Crippen LogP contribution in [0.25, 0.3) is 0 Å². The Kier molecular flexibility index (Phi) is 11.3. The summed E-state index contributed by atoms with van der Waals surface area (Å²) in [4.78, 5) is 24.0. The fraction of sp³-hybridized carbons (Fsp3) is 0.867. The van der Waals surface area contributed by atoms with Gasteiger partial charge in [0.1, 0.15) is 6.54 Å². The smallest absolute Gasteiger partial charge is 0.323 e. The van der Waals surface area contributed by atoms with E-state index in [2.05, 4.69) is 6.92 Å². The molecule has 4 heteroatoms. The van der Waals surface area contributed by atoms with Crippen LogP contribution < -0.4 is 0 Å². The van der Waals surface area contributed by atoms with Crippen molar-refractivity contribution in [2.75, 3.05) is 13.1 Å². The van der Waals surface area contributed by atoms with Gasteiger partial charge in [-0.2, -0.15) is 0 Å².